The van der Waals surface area contributed by atoms with Gasteiger partial charge < -0.3 is 14.0 Å². The van der Waals surface area contributed by atoms with E-state index in [2.05, 4.69) is 63.5 Å². The maximum atomic E-state index is 12.6. The average Bonchev–Trinajstić information content (AvgIpc) is 2.94. The average molecular weight is 553 g/mol. The number of unbranched alkanes of at least 4 members (excludes halogenated alkanes) is 11. The summed E-state index contributed by atoms with van der Waals surface area (Å²) in [6.07, 6.45) is 18.2. The molecule has 2 aromatic rings. The van der Waals surface area contributed by atoms with Crippen LogP contribution in [0.4, 0.5) is 0 Å². The van der Waals surface area contributed by atoms with E-state index in [9.17, 15) is 4.79 Å². The molecule has 0 saturated heterocycles. The minimum Gasteiger partial charge on any atom is -0.455 e. The highest BCUT2D eigenvalue weighted by Crippen LogP contribution is 2.23. The number of ether oxygens (including phenoxy) is 2. The van der Waals surface area contributed by atoms with Crippen LogP contribution in [0.2, 0.25) is 0 Å². The first-order valence-electron chi connectivity index (χ1n) is 16.2. The molecule has 0 amide bonds. The maximum absolute atomic E-state index is 12.6. The van der Waals surface area contributed by atoms with E-state index in [1.165, 1.54) is 81.8 Å². The Hall–Kier alpha value is -2.33. The zero-order valence-corrected chi connectivity index (χ0v) is 26.2. The van der Waals surface area contributed by atoms with E-state index < -0.39 is 6.29 Å². The Labute approximate surface area is 246 Å². The molecular weight excluding hydrogens is 494 g/mol. The molecule has 0 aromatic heterocycles. The van der Waals surface area contributed by atoms with Crippen LogP contribution in [0, 0.1) is 0 Å². The molecular formula is C36H58NO3+. The number of hydrogen-bond donors (Lipinski definition) is 0. The molecule has 1 atom stereocenters. The van der Waals surface area contributed by atoms with Gasteiger partial charge in [0.15, 0.2) is 0 Å². The number of aryl methyl sites for hydroxylation is 1. The predicted molar refractivity (Wildman–Crippen MR) is 168 cm³/mol. The number of benzene rings is 2. The Balaban J connectivity index is 1.64. The van der Waals surface area contributed by atoms with E-state index in [1.807, 2.05) is 19.1 Å². The highest BCUT2D eigenvalue weighted by atomic mass is 16.7. The fourth-order valence-electron chi connectivity index (χ4n) is 5.31. The van der Waals surface area contributed by atoms with Crippen molar-refractivity contribution in [3.05, 3.63) is 65.7 Å². The van der Waals surface area contributed by atoms with Crippen LogP contribution >= 0.6 is 0 Å². The van der Waals surface area contributed by atoms with Gasteiger partial charge in [0, 0.05) is 18.4 Å². The second-order valence-corrected chi connectivity index (χ2v) is 12.1. The molecule has 40 heavy (non-hydrogen) atoms. The Kier molecular flexibility index (Phi) is 17.4. The van der Waals surface area contributed by atoms with Gasteiger partial charge in [-0.2, -0.15) is 0 Å². The van der Waals surface area contributed by atoms with Crippen LogP contribution in [0.1, 0.15) is 121 Å². The first-order valence-corrected chi connectivity index (χ1v) is 16.2. The third-order valence-electron chi connectivity index (χ3n) is 7.72. The molecule has 0 bridgehead atoms. The molecule has 0 heterocycles. The van der Waals surface area contributed by atoms with Crippen LogP contribution in [0.3, 0.4) is 0 Å². The van der Waals surface area contributed by atoms with Gasteiger partial charge in [-0.25, -0.2) is 0 Å². The second-order valence-electron chi connectivity index (χ2n) is 12.1. The standard InChI is InChI=1S/C36H58NO3/c1-5-7-8-9-10-11-12-13-14-15-19-26-33-27-20-21-28-34(33)39-36(6-2)40-35(38)29-22-23-30-37(3,4)31-32-24-17-16-18-25-32/h16-18,20-21,24-25,27-28,36H,5-15,19,22-23,26,29-31H2,1-4H3/q+1. The summed E-state index contributed by atoms with van der Waals surface area (Å²) in [7, 11) is 4.50. The molecule has 0 saturated carbocycles. The molecule has 224 valence electrons. The number of rotatable bonds is 23. The van der Waals surface area contributed by atoms with Crippen molar-refractivity contribution in [2.24, 2.45) is 0 Å². The van der Waals surface area contributed by atoms with E-state index in [0.717, 1.165) is 42.6 Å². The van der Waals surface area contributed by atoms with E-state index >= 15 is 0 Å². The van der Waals surface area contributed by atoms with Crippen LogP contribution in [-0.2, 0) is 22.5 Å². The van der Waals surface area contributed by atoms with Crippen molar-refractivity contribution in [2.45, 2.75) is 129 Å². The summed E-state index contributed by atoms with van der Waals surface area (Å²) in [5.74, 6) is 0.692. The van der Waals surface area contributed by atoms with Gasteiger partial charge in [-0.3, -0.25) is 4.79 Å². The normalized spacial score (nSPS) is 12.3. The Morgan fingerprint density at radius 1 is 0.725 bits per heavy atom. The van der Waals surface area contributed by atoms with Gasteiger partial charge in [-0.05, 0) is 37.3 Å². The number of para-hydroxylation sites is 1. The van der Waals surface area contributed by atoms with E-state index in [4.69, 9.17) is 9.47 Å². The van der Waals surface area contributed by atoms with Gasteiger partial charge in [0.25, 0.3) is 0 Å². The fraction of sp³-hybridized carbons (Fsp3) is 0.639. The molecule has 0 fully saturated rings. The van der Waals surface area contributed by atoms with Crippen molar-refractivity contribution in [1.29, 1.82) is 0 Å². The van der Waals surface area contributed by atoms with Crippen molar-refractivity contribution in [3.8, 4) is 5.75 Å². The van der Waals surface area contributed by atoms with Crippen molar-refractivity contribution in [1.82, 2.24) is 0 Å². The molecule has 2 rings (SSSR count). The molecule has 4 nitrogen and oxygen atoms in total. The highest BCUT2D eigenvalue weighted by Gasteiger charge is 2.18. The van der Waals surface area contributed by atoms with Gasteiger partial charge in [0.05, 0.1) is 20.6 Å². The fourth-order valence-corrected chi connectivity index (χ4v) is 5.31. The lowest BCUT2D eigenvalue weighted by molar-refractivity contribution is -0.903. The monoisotopic (exact) mass is 552 g/mol. The Bertz CT molecular complexity index is 911. The van der Waals surface area contributed by atoms with Crippen LogP contribution in [0.5, 0.6) is 5.75 Å². The van der Waals surface area contributed by atoms with Gasteiger partial charge >= 0.3 is 5.97 Å². The van der Waals surface area contributed by atoms with Gasteiger partial charge in [-0.15, -0.1) is 0 Å². The smallest absolute Gasteiger partial charge is 0.308 e. The molecule has 0 aliphatic rings. The zero-order valence-electron chi connectivity index (χ0n) is 26.2. The summed E-state index contributed by atoms with van der Waals surface area (Å²) >= 11 is 0. The molecule has 1 unspecified atom stereocenters. The third-order valence-corrected chi connectivity index (χ3v) is 7.72. The van der Waals surface area contributed by atoms with Crippen LogP contribution in [0.25, 0.3) is 0 Å². The molecule has 0 N–H and O–H groups in total. The third kappa shape index (κ3) is 15.5. The number of carbonyl (C=O) groups excluding carboxylic acids is 1. The predicted octanol–water partition coefficient (Wildman–Crippen LogP) is 9.65. The molecule has 0 spiro atoms. The number of hydrogen-bond acceptors (Lipinski definition) is 3. The number of carbonyl (C=O) groups is 1. The molecule has 2 aromatic carbocycles. The first-order chi connectivity index (χ1) is 19.4. The Morgan fingerprint density at radius 2 is 1.32 bits per heavy atom. The second kappa shape index (κ2) is 20.5. The summed E-state index contributed by atoms with van der Waals surface area (Å²) in [6, 6.07) is 18.8. The van der Waals surface area contributed by atoms with E-state index in [1.54, 1.807) is 0 Å². The Morgan fingerprint density at radius 3 is 1.98 bits per heavy atom. The maximum Gasteiger partial charge on any atom is 0.308 e. The van der Waals surface area contributed by atoms with Crippen LogP contribution < -0.4 is 4.74 Å². The van der Waals surface area contributed by atoms with Crippen molar-refractivity contribution < 1.29 is 18.8 Å². The number of nitrogens with zero attached hydrogens (tertiary/aromatic N) is 1. The lowest BCUT2D eigenvalue weighted by Crippen LogP contribution is -2.39. The van der Waals surface area contributed by atoms with Gasteiger partial charge in [0.1, 0.15) is 12.3 Å². The summed E-state index contributed by atoms with van der Waals surface area (Å²) in [5, 5.41) is 0. The van der Waals surface area contributed by atoms with Gasteiger partial charge in [-0.1, -0.05) is 127 Å². The molecule has 0 aliphatic carbocycles. The van der Waals surface area contributed by atoms with E-state index in [0.29, 0.717) is 12.8 Å². The van der Waals surface area contributed by atoms with E-state index in [-0.39, 0.29) is 5.97 Å². The van der Waals surface area contributed by atoms with Crippen molar-refractivity contribution in [2.75, 3.05) is 20.6 Å². The number of esters is 1. The summed E-state index contributed by atoms with van der Waals surface area (Å²) in [4.78, 5) is 12.6. The summed E-state index contributed by atoms with van der Waals surface area (Å²) in [6.45, 7) is 6.31. The number of quaternary nitrogens is 1. The van der Waals surface area contributed by atoms with Crippen LogP contribution in [-0.4, -0.2) is 37.4 Å². The largest absolute Gasteiger partial charge is 0.455 e. The summed E-state index contributed by atoms with van der Waals surface area (Å²) in [5.41, 5.74) is 2.56. The molecule has 0 aliphatic heterocycles. The minimum atomic E-state index is -0.531. The SMILES string of the molecule is CCCCCCCCCCCCCc1ccccc1OC(CC)OC(=O)CCCC[N+](C)(C)Cc1ccccc1. The zero-order chi connectivity index (χ0) is 28.9. The molecule has 0 radical (unpaired) electrons. The minimum absolute atomic E-state index is 0.164. The molecule has 4 heteroatoms. The highest BCUT2D eigenvalue weighted by molar-refractivity contribution is 5.69. The van der Waals surface area contributed by atoms with Crippen molar-refractivity contribution >= 4 is 5.97 Å². The van der Waals surface area contributed by atoms with Crippen LogP contribution in [0.15, 0.2) is 54.6 Å². The lowest BCUT2D eigenvalue weighted by atomic mass is 10.0. The topological polar surface area (TPSA) is 35.5 Å². The summed E-state index contributed by atoms with van der Waals surface area (Å²) < 4.78 is 12.8. The van der Waals surface area contributed by atoms with Gasteiger partial charge in [0.2, 0.25) is 6.29 Å². The quantitative estimate of drug-likeness (QED) is 0.0596. The van der Waals surface area contributed by atoms with Crippen molar-refractivity contribution in [3.63, 3.8) is 0 Å². The first kappa shape index (κ1) is 33.9. The lowest BCUT2D eigenvalue weighted by Gasteiger charge is -2.30.